The maximum absolute atomic E-state index is 10.2. The number of fused-ring (bicyclic) bond motifs is 1. The van der Waals surface area contributed by atoms with Gasteiger partial charge in [-0.25, -0.2) is 4.98 Å². The van der Waals surface area contributed by atoms with Crippen LogP contribution in [0.25, 0.3) is 22.6 Å². The van der Waals surface area contributed by atoms with Crippen molar-refractivity contribution >= 4 is 23.0 Å². The Labute approximate surface area is 149 Å². The predicted molar refractivity (Wildman–Crippen MR) is 101 cm³/mol. The normalized spacial score (nSPS) is 11.4. The third-order valence-corrected chi connectivity index (χ3v) is 4.04. The van der Waals surface area contributed by atoms with Gasteiger partial charge in [0.2, 0.25) is 5.89 Å². The van der Waals surface area contributed by atoms with Crippen LogP contribution in [0.5, 0.6) is 11.5 Å². The highest BCUT2D eigenvalue weighted by Gasteiger charge is 2.13. The summed E-state index contributed by atoms with van der Waals surface area (Å²) in [7, 11) is 0. The highest BCUT2D eigenvalue weighted by molar-refractivity contribution is 5.86. The standard InChI is InChI=1S/C21H16N2O3/c1-13-6-8-17-20(10-13)26-21(23-17)16-11-15(7-9-19(16)25)22-12-14-4-2-3-5-18(14)24/h2-12,24-25H,1H3. The van der Waals surface area contributed by atoms with Crippen molar-refractivity contribution in [1.82, 2.24) is 4.98 Å². The number of para-hydroxylation sites is 1. The number of phenols is 2. The van der Waals surface area contributed by atoms with E-state index in [1.807, 2.05) is 31.2 Å². The molecule has 2 N–H and O–H groups in total. The van der Waals surface area contributed by atoms with Gasteiger partial charge in [0.15, 0.2) is 5.58 Å². The highest BCUT2D eigenvalue weighted by Crippen LogP contribution is 2.34. The quantitative estimate of drug-likeness (QED) is 0.515. The summed E-state index contributed by atoms with van der Waals surface area (Å²) in [5.41, 5.74) is 4.16. The van der Waals surface area contributed by atoms with Gasteiger partial charge in [-0.3, -0.25) is 4.99 Å². The van der Waals surface area contributed by atoms with Crippen molar-refractivity contribution in [1.29, 1.82) is 0 Å². The van der Waals surface area contributed by atoms with Gasteiger partial charge in [0.05, 0.1) is 11.3 Å². The lowest BCUT2D eigenvalue weighted by atomic mass is 10.1. The Bertz CT molecular complexity index is 1130. The van der Waals surface area contributed by atoms with Crippen molar-refractivity contribution in [3.05, 3.63) is 71.8 Å². The van der Waals surface area contributed by atoms with E-state index in [0.717, 1.165) is 11.1 Å². The van der Waals surface area contributed by atoms with Crippen LogP contribution in [0.3, 0.4) is 0 Å². The summed E-state index contributed by atoms with van der Waals surface area (Å²) in [4.78, 5) is 8.81. The molecular formula is C21H16N2O3. The third kappa shape index (κ3) is 3.02. The fourth-order valence-corrected chi connectivity index (χ4v) is 2.66. The Morgan fingerprint density at radius 1 is 0.962 bits per heavy atom. The maximum atomic E-state index is 10.2. The molecule has 0 aliphatic heterocycles. The summed E-state index contributed by atoms with van der Waals surface area (Å²) in [5.74, 6) is 0.557. The molecule has 0 saturated heterocycles. The minimum absolute atomic E-state index is 0.0646. The number of nitrogens with zero attached hydrogens (tertiary/aromatic N) is 2. The van der Waals surface area contributed by atoms with Gasteiger partial charge >= 0.3 is 0 Å². The van der Waals surface area contributed by atoms with Crippen LogP contribution in [0, 0.1) is 6.92 Å². The zero-order valence-electron chi connectivity index (χ0n) is 14.0. The van der Waals surface area contributed by atoms with Crippen LogP contribution in [0.1, 0.15) is 11.1 Å². The van der Waals surface area contributed by atoms with Gasteiger partial charge < -0.3 is 14.6 Å². The fourth-order valence-electron chi connectivity index (χ4n) is 2.66. The Kier molecular flexibility index (Phi) is 3.89. The third-order valence-electron chi connectivity index (χ3n) is 4.04. The van der Waals surface area contributed by atoms with Crippen molar-refractivity contribution < 1.29 is 14.6 Å². The molecule has 5 nitrogen and oxygen atoms in total. The number of benzene rings is 3. The number of hydrogen-bond acceptors (Lipinski definition) is 5. The molecule has 0 spiro atoms. The Balaban J connectivity index is 1.73. The van der Waals surface area contributed by atoms with Crippen LogP contribution in [0.2, 0.25) is 0 Å². The lowest BCUT2D eigenvalue weighted by Crippen LogP contribution is -1.82. The lowest BCUT2D eigenvalue weighted by molar-refractivity contribution is 0.473. The van der Waals surface area contributed by atoms with Gasteiger partial charge in [-0.2, -0.15) is 0 Å². The lowest BCUT2D eigenvalue weighted by Gasteiger charge is -2.02. The van der Waals surface area contributed by atoms with E-state index in [9.17, 15) is 10.2 Å². The number of oxazole rings is 1. The first kappa shape index (κ1) is 15.9. The van der Waals surface area contributed by atoms with Gasteiger partial charge in [-0.15, -0.1) is 0 Å². The fraction of sp³-hybridized carbons (Fsp3) is 0.0476. The second-order valence-electron chi connectivity index (χ2n) is 6.01. The minimum atomic E-state index is 0.0646. The van der Waals surface area contributed by atoms with Gasteiger partial charge in [0, 0.05) is 11.8 Å². The van der Waals surface area contributed by atoms with E-state index in [4.69, 9.17) is 4.42 Å². The van der Waals surface area contributed by atoms with E-state index in [1.54, 1.807) is 42.6 Å². The molecule has 0 unspecified atom stereocenters. The smallest absolute Gasteiger partial charge is 0.231 e. The van der Waals surface area contributed by atoms with E-state index in [-0.39, 0.29) is 11.5 Å². The van der Waals surface area contributed by atoms with Crippen LogP contribution in [-0.2, 0) is 0 Å². The molecule has 0 bridgehead atoms. The molecule has 1 heterocycles. The van der Waals surface area contributed by atoms with Crippen LogP contribution < -0.4 is 0 Å². The summed E-state index contributed by atoms with van der Waals surface area (Å²) >= 11 is 0. The summed E-state index contributed by atoms with van der Waals surface area (Å²) < 4.78 is 5.79. The number of phenolic OH excluding ortho intramolecular Hbond substituents is 2. The van der Waals surface area contributed by atoms with Gasteiger partial charge in [-0.1, -0.05) is 18.2 Å². The molecule has 0 aliphatic carbocycles. The van der Waals surface area contributed by atoms with Crippen molar-refractivity contribution in [2.24, 2.45) is 4.99 Å². The Morgan fingerprint density at radius 2 is 1.81 bits per heavy atom. The second kappa shape index (κ2) is 6.37. The van der Waals surface area contributed by atoms with E-state index < -0.39 is 0 Å². The van der Waals surface area contributed by atoms with Crippen LogP contribution in [0.15, 0.2) is 70.1 Å². The molecule has 5 heteroatoms. The number of aliphatic imine (C=N–C) groups is 1. The molecular weight excluding hydrogens is 328 g/mol. The number of rotatable bonds is 3. The molecule has 0 amide bonds. The average Bonchev–Trinajstić information content (AvgIpc) is 3.05. The summed E-state index contributed by atoms with van der Waals surface area (Å²) in [6.07, 6.45) is 1.57. The molecule has 4 aromatic rings. The number of aromatic hydroxyl groups is 2. The van der Waals surface area contributed by atoms with Crippen LogP contribution >= 0.6 is 0 Å². The molecule has 0 atom stereocenters. The molecule has 0 radical (unpaired) electrons. The zero-order valence-corrected chi connectivity index (χ0v) is 14.0. The van der Waals surface area contributed by atoms with Crippen molar-refractivity contribution in [3.63, 3.8) is 0 Å². The average molecular weight is 344 g/mol. The van der Waals surface area contributed by atoms with Crippen LogP contribution in [0.4, 0.5) is 5.69 Å². The Hall–Kier alpha value is -3.60. The first-order chi connectivity index (χ1) is 12.6. The van der Waals surface area contributed by atoms with Crippen LogP contribution in [-0.4, -0.2) is 21.4 Å². The maximum Gasteiger partial charge on any atom is 0.231 e. The molecule has 4 rings (SSSR count). The van der Waals surface area contributed by atoms with Gasteiger partial charge in [-0.05, 0) is 55.0 Å². The summed E-state index contributed by atoms with van der Waals surface area (Å²) in [6.45, 7) is 1.98. The second-order valence-corrected chi connectivity index (χ2v) is 6.01. The van der Waals surface area contributed by atoms with E-state index in [0.29, 0.717) is 28.3 Å². The largest absolute Gasteiger partial charge is 0.507 e. The van der Waals surface area contributed by atoms with Gasteiger partial charge in [0.25, 0.3) is 0 Å². The SMILES string of the molecule is Cc1ccc2nc(-c3cc(N=Cc4ccccc4O)ccc3O)oc2c1. The molecule has 1 aromatic heterocycles. The molecule has 3 aromatic carbocycles. The molecule has 0 saturated carbocycles. The predicted octanol–water partition coefficient (Wildman–Crippen LogP) is 4.97. The molecule has 0 fully saturated rings. The van der Waals surface area contributed by atoms with Crippen molar-refractivity contribution in [3.8, 4) is 23.0 Å². The summed E-state index contributed by atoms with van der Waals surface area (Å²) in [5, 5.41) is 20.0. The first-order valence-electron chi connectivity index (χ1n) is 8.13. The number of aryl methyl sites for hydroxylation is 1. The molecule has 26 heavy (non-hydrogen) atoms. The van der Waals surface area contributed by atoms with Crippen molar-refractivity contribution in [2.75, 3.05) is 0 Å². The molecule has 0 aliphatic rings. The van der Waals surface area contributed by atoms with Crippen molar-refractivity contribution in [2.45, 2.75) is 6.92 Å². The monoisotopic (exact) mass is 344 g/mol. The van der Waals surface area contributed by atoms with E-state index in [2.05, 4.69) is 9.98 Å². The van der Waals surface area contributed by atoms with Gasteiger partial charge in [0.1, 0.15) is 17.0 Å². The van der Waals surface area contributed by atoms with E-state index >= 15 is 0 Å². The van der Waals surface area contributed by atoms with E-state index in [1.165, 1.54) is 0 Å². The number of aromatic nitrogens is 1. The Morgan fingerprint density at radius 3 is 2.65 bits per heavy atom. The zero-order chi connectivity index (χ0) is 18.1. The summed E-state index contributed by atoms with van der Waals surface area (Å²) in [6, 6.07) is 17.6. The number of hydrogen-bond donors (Lipinski definition) is 2. The highest BCUT2D eigenvalue weighted by atomic mass is 16.3. The minimum Gasteiger partial charge on any atom is -0.507 e. The topological polar surface area (TPSA) is 78.9 Å². The molecule has 128 valence electrons. The first-order valence-corrected chi connectivity index (χ1v) is 8.13.